The molecule has 0 unspecified atom stereocenters. The number of benzene rings is 1. The molecule has 6 nitrogen and oxygen atoms in total. The molecule has 0 radical (unpaired) electrons. The van der Waals surface area contributed by atoms with Crippen molar-refractivity contribution in [3.63, 3.8) is 0 Å². The molecule has 2 amide bonds. The highest BCUT2D eigenvalue weighted by Gasteiger charge is 2.30. The molecule has 0 atom stereocenters. The van der Waals surface area contributed by atoms with Crippen molar-refractivity contribution in [2.24, 2.45) is 0 Å². The van der Waals surface area contributed by atoms with E-state index in [1.807, 2.05) is 0 Å². The first-order chi connectivity index (χ1) is 14.4. The van der Waals surface area contributed by atoms with Gasteiger partial charge in [-0.2, -0.15) is 0 Å². The number of hydrogen-bond donors (Lipinski definition) is 1. The van der Waals surface area contributed by atoms with Gasteiger partial charge in [0, 0.05) is 41.3 Å². The van der Waals surface area contributed by atoms with E-state index in [1.165, 1.54) is 24.5 Å². The number of carbonyl (C=O) groups is 3. The predicted molar refractivity (Wildman–Crippen MR) is 116 cm³/mol. The molecule has 30 heavy (non-hydrogen) atoms. The molecular weight excluding hydrogens is 422 g/mol. The fourth-order valence-electron chi connectivity index (χ4n) is 3.45. The van der Waals surface area contributed by atoms with Crippen LogP contribution >= 0.6 is 22.9 Å². The van der Waals surface area contributed by atoms with Crippen LogP contribution < -0.4 is 5.32 Å². The minimum Gasteiger partial charge on any atom is -0.337 e. The van der Waals surface area contributed by atoms with Gasteiger partial charge in [-0.25, -0.2) is 0 Å². The Hall–Kier alpha value is -3.03. The molecule has 0 saturated heterocycles. The maximum absolute atomic E-state index is 13.4. The third-order valence-electron chi connectivity index (χ3n) is 4.97. The zero-order valence-corrected chi connectivity index (χ0v) is 17.7. The lowest BCUT2D eigenvalue weighted by molar-refractivity contribution is -0.129. The molecule has 0 aliphatic carbocycles. The normalized spacial score (nSPS) is 12.9. The van der Waals surface area contributed by atoms with Crippen molar-refractivity contribution in [2.45, 2.75) is 19.9 Å². The van der Waals surface area contributed by atoms with Crippen molar-refractivity contribution < 1.29 is 14.4 Å². The zero-order valence-electron chi connectivity index (χ0n) is 16.1. The third kappa shape index (κ3) is 3.99. The van der Waals surface area contributed by atoms with E-state index in [-0.39, 0.29) is 17.6 Å². The van der Waals surface area contributed by atoms with Gasteiger partial charge in [0.25, 0.3) is 5.91 Å². The fourth-order valence-corrected chi connectivity index (χ4v) is 4.89. The summed E-state index contributed by atoms with van der Waals surface area (Å²) in [6.45, 7) is 2.49. The van der Waals surface area contributed by atoms with Crippen molar-refractivity contribution in [2.75, 3.05) is 11.9 Å². The molecule has 0 spiro atoms. The van der Waals surface area contributed by atoms with Gasteiger partial charge in [0.1, 0.15) is 5.00 Å². The number of hydrogen-bond acceptors (Lipinski definition) is 5. The number of thiophene rings is 1. The minimum atomic E-state index is -0.342. The van der Waals surface area contributed by atoms with Gasteiger partial charge < -0.3 is 10.2 Å². The van der Waals surface area contributed by atoms with E-state index >= 15 is 0 Å². The number of anilines is 1. The minimum absolute atomic E-state index is 0.0160. The van der Waals surface area contributed by atoms with Gasteiger partial charge in [-0.05, 0) is 36.2 Å². The highest BCUT2D eigenvalue weighted by Crippen LogP contribution is 2.39. The van der Waals surface area contributed by atoms with Gasteiger partial charge >= 0.3 is 0 Å². The molecule has 0 bridgehead atoms. The Morgan fingerprint density at radius 3 is 2.67 bits per heavy atom. The second-order valence-electron chi connectivity index (χ2n) is 6.93. The summed E-state index contributed by atoms with van der Waals surface area (Å²) in [6, 6.07) is 10.1. The van der Waals surface area contributed by atoms with E-state index in [1.54, 1.807) is 47.5 Å². The number of nitrogens with one attached hydrogen (secondary N) is 1. The average molecular weight is 440 g/mol. The molecule has 8 heteroatoms. The van der Waals surface area contributed by atoms with Crippen molar-refractivity contribution >= 4 is 45.5 Å². The maximum atomic E-state index is 13.4. The summed E-state index contributed by atoms with van der Waals surface area (Å²) in [5, 5.41) is 3.82. The molecule has 1 N–H and O–H groups in total. The number of pyridine rings is 1. The highest BCUT2D eigenvalue weighted by atomic mass is 35.5. The molecule has 152 valence electrons. The lowest BCUT2D eigenvalue weighted by Crippen LogP contribution is -2.33. The van der Waals surface area contributed by atoms with Crippen LogP contribution in [0, 0.1) is 0 Å². The Bertz CT molecular complexity index is 1140. The largest absolute Gasteiger partial charge is 0.337 e. The van der Waals surface area contributed by atoms with Gasteiger partial charge in [-0.3, -0.25) is 19.4 Å². The number of halogens is 1. The van der Waals surface area contributed by atoms with Crippen LogP contribution in [0.3, 0.4) is 0 Å². The topological polar surface area (TPSA) is 79.4 Å². The first-order valence-electron chi connectivity index (χ1n) is 9.35. The van der Waals surface area contributed by atoms with Gasteiger partial charge in [0.2, 0.25) is 5.91 Å². The van der Waals surface area contributed by atoms with Crippen molar-refractivity contribution in [3.05, 3.63) is 80.9 Å². The van der Waals surface area contributed by atoms with Crippen molar-refractivity contribution in [1.29, 1.82) is 0 Å². The number of ketones is 1. The van der Waals surface area contributed by atoms with Crippen LogP contribution in [-0.4, -0.2) is 34.0 Å². The van der Waals surface area contributed by atoms with Crippen LogP contribution in [0.2, 0.25) is 5.02 Å². The average Bonchev–Trinajstić information content (AvgIpc) is 3.10. The van der Waals surface area contributed by atoms with E-state index in [2.05, 4.69) is 10.3 Å². The third-order valence-corrected chi connectivity index (χ3v) is 6.33. The van der Waals surface area contributed by atoms with Gasteiger partial charge in [0.15, 0.2) is 5.78 Å². The number of amides is 2. The van der Waals surface area contributed by atoms with Gasteiger partial charge in [-0.1, -0.05) is 23.7 Å². The number of rotatable bonds is 4. The molecule has 1 aliphatic heterocycles. The zero-order chi connectivity index (χ0) is 21.3. The van der Waals surface area contributed by atoms with Crippen LogP contribution in [-0.2, 0) is 17.8 Å². The molecule has 3 heterocycles. The van der Waals surface area contributed by atoms with Gasteiger partial charge in [-0.15, -0.1) is 11.3 Å². The Morgan fingerprint density at radius 2 is 1.97 bits per heavy atom. The lowest BCUT2D eigenvalue weighted by Gasteiger charge is -2.26. The SMILES string of the molecule is CC(=O)N1CCc2c(sc(NC(=O)c3cccnc3)c2C(=O)c2cccc(Cl)c2)C1. The molecule has 0 fully saturated rings. The van der Waals surface area contributed by atoms with E-state index in [0.29, 0.717) is 46.2 Å². The van der Waals surface area contributed by atoms with Crippen LogP contribution in [0.1, 0.15) is 43.6 Å². The molecule has 3 aromatic rings. The predicted octanol–water partition coefficient (Wildman–Crippen LogP) is 4.18. The number of nitrogens with zero attached hydrogens (tertiary/aromatic N) is 2. The molecule has 1 aliphatic rings. The second kappa shape index (κ2) is 8.38. The van der Waals surface area contributed by atoms with Crippen LogP contribution in [0.25, 0.3) is 0 Å². The summed E-state index contributed by atoms with van der Waals surface area (Å²) in [7, 11) is 0. The Balaban J connectivity index is 1.76. The highest BCUT2D eigenvalue weighted by molar-refractivity contribution is 7.17. The summed E-state index contributed by atoms with van der Waals surface area (Å²) in [4.78, 5) is 44.6. The maximum Gasteiger partial charge on any atom is 0.257 e. The van der Waals surface area contributed by atoms with Crippen molar-refractivity contribution in [3.8, 4) is 0 Å². The van der Waals surface area contributed by atoms with Crippen molar-refractivity contribution in [1.82, 2.24) is 9.88 Å². The number of aromatic nitrogens is 1. The van der Waals surface area contributed by atoms with E-state index in [0.717, 1.165) is 10.4 Å². The Morgan fingerprint density at radius 1 is 1.17 bits per heavy atom. The summed E-state index contributed by atoms with van der Waals surface area (Å²) in [6.07, 6.45) is 3.61. The summed E-state index contributed by atoms with van der Waals surface area (Å²) in [5.41, 5.74) is 2.20. The van der Waals surface area contributed by atoms with Crippen LogP contribution in [0.15, 0.2) is 48.8 Å². The Kier molecular flexibility index (Phi) is 5.65. The Labute approximate surface area is 182 Å². The fraction of sp³-hybridized carbons (Fsp3) is 0.182. The summed E-state index contributed by atoms with van der Waals surface area (Å²) < 4.78 is 0. The van der Waals surface area contributed by atoms with E-state index in [4.69, 9.17) is 11.6 Å². The summed E-state index contributed by atoms with van der Waals surface area (Å²) in [5.74, 6) is -0.560. The number of fused-ring (bicyclic) bond motifs is 1. The lowest BCUT2D eigenvalue weighted by atomic mass is 9.96. The van der Waals surface area contributed by atoms with Crippen LogP contribution in [0.4, 0.5) is 5.00 Å². The van der Waals surface area contributed by atoms with E-state index in [9.17, 15) is 14.4 Å². The molecule has 1 aromatic carbocycles. The monoisotopic (exact) mass is 439 g/mol. The molecule has 0 saturated carbocycles. The van der Waals surface area contributed by atoms with E-state index < -0.39 is 0 Å². The smallest absolute Gasteiger partial charge is 0.257 e. The quantitative estimate of drug-likeness (QED) is 0.618. The molecule has 2 aromatic heterocycles. The number of carbonyl (C=O) groups excluding carboxylic acids is 3. The summed E-state index contributed by atoms with van der Waals surface area (Å²) >= 11 is 7.41. The first-order valence-corrected chi connectivity index (χ1v) is 10.5. The standard InChI is InChI=1S/C22H18ClN3O3S/c1-13(27)26-9-7-17-18(12-26)30-22(25-21(29)15-5-3-8-24-11-15)19(17)20(28)14-4-2-6-16(23)10-14/h2-6,8,10-11H,7,9,12H2,1H3,(H,25,29). The van der Waals surface area contributed by atoms with Crippen LogP contribution in [0.5, 0.6) is 0 Å². The second-order valence-corrected chi connectivity index (χ2v) is 8.48. The molecule has 4 rings (SSSR count). The first kappa shape index (κ1) is 20.3. The van der Waals surface area contributed by atoms with Gasteiger partial charge in [0.05, 0.1) is 17.7 Å². The molecular formula is C22H18ClN3O3S.